The van der Waals surface area contributed by atoms with Gasteiger partial charge in [0.25, 0.3) is 0 Å². The van der Waals surface area contributed by atoms with Crippen LogP contribution in [-0.2, 0) is 12.3 Å². The summed E-state index contributed by atoms with van der Waals surface area (Å²) in [7, 11) is -8.67. The van der Waals surface area contributed by atoms with Gasteiger partial charge in [-0.3, -0.25) is 0 Å². The lowest BCUT2D eigenvalue weighted by Gasteiger charge is -2.43. The summed E-state index contributed by atoms with van der Waals surface area (Å²) in [6.07, 6.45) is 0. The molecule has 0 spiro atoms. The topological polar surface area (TPSA) is 27.7 Å². The van der Waals surface area contributed by atoms with Crippen molar-refractivity contribution in [3.8, 4) is 0 Å². The van der Waals surface area contributed by atoms with Gasteiger partial charge in [-0.25, -0.2) is 0 Å². The van der Waals surface area contributed by atoms with Crippen molar-refractivity contribution in [3.63, 3.8) is 0 Å². The number of halogens is 2. The van der Waals surface area contributed by atoms with Crippen LogP contribution < -0.4 is 0 Å². The van der Waals surface area contributed by atoms with Gasteiger partial charge in [0, 0.05) is 0 Å². The lowest BCUT2D eigenvalue weighted by molar-refractivity contribution is 0.257. The van der Waals surface area contributed by atoms with E-state index in [4.69, 9.17) is 35.5 Å². The monoisotopic (exact) mass is 378 g/mol. The molecule has 0 heterocycles. The molecule has 0 aliphatic carbocycles. The quantitative estimate of drug-likeness (QED) is 0.469. The maximum atomic E-state index is 6.28. The minimum atomic E-state index is -3.06. The summed E-state index contributed by atoms with van der Waals surface area (Å²) in [6, 6.07) is 0. The number of rotatable bonds is 7. The van der Waals surface area contributed by atoms with E-state index in [0.29, 0.717) is 0 Å². The van der Waals surface area contributed by atoms with Gasteiger partial charge in [0.05, 0.1) is 0 Å². The molecule has 0 aromatic heterocycles. The van der Waals surface area contributed by atoms with Crippen molar-refractivity contribution < 1.29 is 12.3 Å². The van der Waals surface area contributed by atoms with Gasteiger partial charge in [-0.05, 0) is 58.9 Å². The summed E-state index contributed by atoms with van der Waals surface area (Å²) < 4.78 is 18.1. The lowest BCUT2D eigenvalue weighted by atomic mass is 11.8. The van der Waals surface area contributed by atoms with Crippen LogP contribution in [0, 0.1) is 0 Å². The molecule has 0 amide bonds. The number of hydrogen-bond acceptors (Lipinski definition) is 3. The van der Waals surface area contributed by atoms with Crippen molar-refractivity contribution in [1.82, 2.24) is 0 Å². The van der Waals surface area contributed by atoms with Gasteiger partial charge in [-0.1, -0.05) is 0 Å². The number of alkyl halides is 2. The smallest absolute Gasteiger partial charge is 0.415 e. The predicted molar refractivity (Wildman–Crippen MR) is 94.5 cm³/mol. The highest BCUT2D eigenvalue weighted by Crippen LogP contribution is 2.32. The molecule has 0 aromatic rings. The molecule has 3 nitrogen and oxygen atoms in total. The summed E-state index contributed by atoms with van der Waals surface area (Å²) in [5.41, 5.74) is 0. The first-order valence-corrected chi connectivity index (χ1v) is 19.3. The third-order valence-corrected chi connectivity index (χ3v) is 14.5. The standard InChI is InChI=1S/C10H28Cl2O3Si4/c1-16(2,3)13-19(10(11)12,14-17(4,5)6)15-18(7,8)9/h10H,1-9H3. The average molecular weight is 380 g/mol. The van der Waals surface area contributed by atoms with Crippen molar-refractivity contribution in [2.24, 2.45) is 0 Å². The van der Waals surface area contributed by atoms with Gasteiger partial charge in [-0.15, -0.1) is 23.2 Å². The molecular formula is C10H28Cl2O3Si4. The van der Waals surface area contributed by atoms with E-state index in [1.807, 2.05) is 0 Å². The first kappa shape index (κ1) is 20.3. The highest BCUT2D eigenvalue weighted by atomic mass is 35.5. The largest absolute Gasteiger partial charge is 0.504 e. The Morgan fingerprint density at radius 1 is 0.579 bits per heavy atom. The molecule has 0 fully saturated rings. The zero-order chi connectivity index (χ0) is 15.7. The fraction of sp³-hybridized carbons (Fsp3) is 1.00. The summed E-state index contributed by atoms with van der Waals surface area (Å²) in [5, 5.41) is 0. The third-order valence-electron chi connectivity index (χ3n) is 1.61. The molecule has 0 N–H and O–H groups in total. The molecule has 116 valence electrons. The van der Waals surface area contributed by atoms with Crippen LogP contribution in [0.25, 0.3) is 0 Å². The highest BCUT2D eigenvalue weighted by Gasteiger charge is 2.55. The van der Waals surface area contributed by atoms with Crippen LogP contribution in [0.2, 0.25) is 58.9 Å². The molecule has 9 heteroatoms. The van der Waals surface area contributed by atoms with Crippen molar-refractivity contribution in [3.05, 3.63) is 0 Å². The van der Waals surface area contributed by atoms with Crippen molar-refractivity contribution in [1.29, 1.82) is 0 Å². The minimum absolute atomic E-state index is 0.738. The molecule has 0 atom stereocenters. The van der Waals surface area contributed by atoms with Gasteiger partial charge < -0.3 is 12.3 Å². The summed E-state index contributed by atoms with van der Waals surface area (Å²) in [4.78, 5) is 0. The first-order chi connectivity index (χ1) is 8.06. The molecule has 0 bridgehead atoms. The van der Waals surface area contributed by atoms with E-state index in [1.165, 1.54) is 0 Å². The van der Waals surface area contributed by atoms with E-state index in [-0.39, 0.29) is 0 Å². The highest BCUT2D eigenvalue weighted by molar-refractivity contribution is 6.96. The molecule has 0 aliphatic heterocycles. The Bertz CT molecular complexity index is 254. The Morgan fingerprint density at radius 3 is 0.895 bits per heavy atom. The summed E-state index contributed by atoms with van der Waals surface area (Å²) >= 11 is 12.5. The predicted octanol–water partition coefficient (Wildman–Crippen LogP) is 4.82. The van der Waals surface area contributed by atoms with E-state index in [9.17, 15) is 0 Å². The summed E-state index contributed by atoms with van der Waals surface area (Å²) in [5.74, 6) is 0. The van der Waals surface area contributed by atoms with Gasteiger partial charge in [0.15, 0.2) is 29.4 Å². The Labute approximate surface area is 132 Å². The molecule has 0 rings (SSSR count). The molecule has 0 saturated heterocycles. The maximum Gasteiger partial charge on any atom is 0.504 e. The molecule has 0 unspecified atom stereocenters. The van der Waals surface area contributed by atoms with Crippen LogP contribution in [0.4, 0.5) is 0 Å². The van der Waals surface area contributed by atoms with Crippen LogP contribution in [0.15, 0.2) is 0 Å². The normalized spacial score (nSPS) is 15.2. The second-order valence-corrected chi connectivity index (χ2v) is 26.3. The molecule has 0 saturated carbocycles. The SMILES string of the molecule is C[Si](C)(C)O[Si](O[Si](C)(C)C)(O[Si](C)(C)C)C(Cl)Cl. The molecular weight excluding hydrogens is 351 g/mol. The fourth-order valence-electron chi connectivity index (χ4n) is 1.48. The molecule has 0 aliphatic rings. The zero-order valence-electron chi connectivity index (χ0n) is 13.6. The van der Waals surface area contributed by atoms with Crippen molar-refractivity contribution in [2.75, 3.05) is 0 Å². The Morgan fingerprint density at radius 2 is 0.789 bits per heavy atom. The van der Waals surface area contributed by atoms with Crippen LogP contribution in [0.1, 0.15) is 0 Å². The van der Waals surface area contributed by atoms with Gasteiger partial charge >= 0.3 is 8.80 Å². The fourth-order valence-corrected chi connectivity index (χ4v) is 16.8. The van der Waals surface area contributed by atoms with Crippen LogP contribution in [0.3, 0.4) is 0 Å². The lowest BCUT2D eigenvalue weighted by Crippen LogP contribution is -2.64. The van der Waals surface area contributed by atoms with Crippen LogP contribution in [0.5, 0.6) is 0 Å². The number of hydrogen-bond donors (Lipinski definition) is 0. The zero-order valence-corrected chi connectivity index (χ0v) is 19.1. The average Bonchev–Trinajstić information content (AvgIpc) is 1.91. The van der Waals surface area contributed by atoms with Crippen LogP contribution in [-0.4, -0.2) is 38.2 Å². The Kier molecular flexibility index (Phi) is 7.08. The Balaban J connectivity index is 5.48. The first-order valence-electron chi connectivity index (χ1n) is 6.45. The van der Waals surface area contributed by atoms with E-state index in [0.717, 1.165) is 0 Å². The van der Waals surface area contributed by atoms with E-state index in [1.54, 1.807) is 0 Å². The van der Waals surface area contributed by atoms with Gasteiger partial charge in [0.2, 0.25) is 0 Å². The molecule has 19 heavy (non-hydrogen) atoms. The van der Waals surface area contributed by atoms with Crippen LogP contribution >= 0.6 is 23.2 Å². The summed E-state index contributed by atoms with van der Waals surface area (Å²) in [6.45, 7) is 18.9. The van der Waals surface area contributed by atoms with E-state index >= 15 is 0 Å². The van der Waals surface area contributed by atoms with E-state index < -0.39 is 38.2 Å². The van der Waals surface area contributed by atoms with Gasteiger partial charge in [-0.2, -0.15) is 0 Å². The second-order valence-electron chi connectivity index (χ2n) is 7.55. The van der Waals surface area contributed by atoms with Gasteiger partial charge in [0.1, 0.15) is 0 Å². The third kappa shape index (κ3) is 9.05. The van der Waals surface area contributed by atoms with E-state index in [2.05, 4.69) is 58.9 Å². The van der Waals surface area contributed by atoms with Crippen molar-refractivity contribution >= 4 is 57.0 Å². The molecule has 0 aromatic carbocycles. The van der Waals surface area contributed by atoms with Crippen molar-refractivity contribution in [2.45, 2.75) is 63.4 Å². The Hall–Kier alpha value is 1.33. The minimum Gasteiger partial charge on any atom is -0.415 e. The molecule has 0 radical (unpaired) electrons. The second kappa shape index (κ2) is 6.62. The maximum absolute atomic E-state index is 6.28.